The van der Waals surface area contributed by atoms with Gasteiger partial charge in [0.2, 0.25) is 0 Å². The molecule has 1 aliphatic heterocycles. The van der Waals surface area contributed by atoms with E-state index in [0.29, 0.717) is 39.5 Å². The van der Waals surface area contributed by atoms with Crippen LogP contribution in [0.2, 0.25) is 0 Å². The van der Waals surface area contributed by atoms with E-state index in [9.17, 15) is 9.59 Å². The second-order valence-corrected chi connectivity index (χ2v) is 7.14. The van der Waals surface area contributed by atoms with E-state index in [2.05, 4.69) is 5.32 Å². The topological polar surface area (TPSA) is 99.9 Å². The summed E-state index contributed by atoms with van der Waals surface area (Å²) in [6, 6.07) is 15.9. The molecule has 3 N–H and O–H groups in total. The number of carbonyl (C=O) groups excluding carboxylic acids is 2. The van der Waals surface area contributed by atoms with E-state index in [-0.39, 0.29) is 13.2 Å². The van der Waals surface area contributed by atoms with Crippen LogP contribution in [0.3, 0.4) is 0 Å². The van der Waals surface area contributed by atoms with E-state index in [1.807, 2.05) is 12.1 Å². The number of rotatable bonds is 7. The number of methoxy groups -OCH3 is 1. The van der Waals surface area contributed by atoms with Gasteiger partial charge in [0, 0.05) is 24.2 Å². The molecule has 162 valence electrons. The van der Waals surface area contributed by atoms with Gasteiger partial charge in [-0.2, -0.15) is 0 Å². The Morgan fingerprint density at radius 3 is 2.26 bits per heavy atom. The Hall–Kier alpha value is -3.58. The summed E-state index contributed by atoms with van der Waals surface area (Å²) in [6.07, 6.45) is 0. The number of hydrogen-bond acceptors (Lipinski definition) is 7. The van der Waals surface area contributed by atoms with Crippen LogP contribution in [-0.4, -0.2) is 32.3 Å². The molecule has 1 unspecified atom stereocenters. The number of carbonyl (C=O) groups is 2. The zero-order valence-corrected chi connectivity index (χ0v) is 17.8. The normalized spacial score (nSPS) is 16.0. The Kier molecular flexibility index (Phi) is 7.10. The van der Waals surface area contributed by atoms with Gasteiger partial charge in [0.05, 0.1) is 23.7 Å². The summed E-state index contributed by atoms with van der Waals surface area (Å²) in [6.45, 7) is 3.92. The maximum absolute atomic E-state index is 13.2. The second kappa shape index (κ2) is 9.95. The monoisotopic (exact) mass is 422 g/mol. The average molecular weight is 422 g/mol. The first kappa shape index (κ1) is 22.1. The van der Waals surface area contributed by atoms with Crippen molar-refractivity contribution in [1.29, 1.82) is 0 Å². The van der Waals surface area contributed by atoms with E-state index in [1.54, 1.807) is 56.3 Å². The van der Waals surface area contributed by atoms with Crippen molar-refractivity contribution >= 4 is 17.6 Å². The van der Waals surface area contributed by atoms with Crippen molar-refractivity contribution in [2.75, 3.05) is 26.1 Å². The number of hydrogen-bond donors (Lipinski definition) is 2. The van der Waals surface area contributed by atoms with Gasteiger partial charge in [-0.3, -0.25) is 0 Å². The SMILES string of the molecule is COCCOC(=O)C1=C(C)NC(C)=C(C(=O)Oc2ccccc2)C1c1cccc(N)c1. The summed E-state index contributed by atoms with van der Waals surface area (Å²) in [4.78, 5) is 26.2. The van der Waals surface area contributed by atoms with Crippen LogP contribution >= 0.6 is 0 Å². The summed E-state index contributed by atoms with van der Waals surface area (Å²) >= 11 is 0. The highest BCUT2D eigenvalue weighted by molar-refractivity contribution is 6.00. The fourth-order valence-electron chi connectivity index (χ4n) is 3.55. The van der Waals surface area contributed by atoms with Gasteiger partial charge in [-0.1, -0.05) is 30.3 Å². The van der Waals surface area contributed by atoms with Crippen LogP contribution in [0, 0.1) is 0 Å². The van der Waals surface area contributed by atoms with Gasteiger partial charge in [-0.15, -0.1) is 0 Å². The molecule has 1 atom stereocenters. The lowest BCUT2D eigenvalue weighted by molar-refractivity contribution is -0.140. The molecule has 31 heavy (non-hydrogen) atoms. The number of nitrogens with one attached hydrogen (secondary N) is 1. The Labute approximate surface area is 181 Å². The molecule has 0 aromatic heterocycles. The van der Waals surface area contributed by atoms with E-state index >= 15 is 0 Å². The summed E-state index contributed by atoms with van der Waals surface area (Å²) < 4.78 is 16.0. The summed E-state index contributed by atoms with van der Waals surface area (Å²) in [5, 5.41) is 3.13. The largest absolute Gasteiger partial charge is 0.460 e. The third kappa shape index (κ3) is 5.13. The number of benzene rings is 2. The first-order chi connectivity index (χ1) is 14.9. The summed E-state index contributed by atoms with van der Waals surface area (Å²) in [5.41, 5.74) is 9.06. The standard InChI is InChI=1S/C24H26N2O5/c1-15-20(23(27)30-13-12-29-3)22(17-8-7-9-18(25)14-17)21(16(2)26-15)24(28)31-19-10-5-4-6-11-19/h4-11,14,22,26H,12-13,25H2,1-3H3. The predicted octanol–water partition coefficient (Wildman–Crippen LogP) is 3.30. The molecule has 0 fully saturated rings. The van der Waals surface area contributed by atoms with Gasteiger partial charge in [0.15, 0.2) is 0 Å². The first-order valence-electron chi connectivity index (χ1n) is 9.89. The molecule has 0 saturated carbocycles. The highest BCUT2D eigenvalue weighted by atomic mass is 16.6. The maximum atomic E-state index is 13.2. The molecule has 0 spiro atoms. The molecule has 0 radical (unpaired) electrons. The number of nitrogen functional groups attached to an aromatic ring is 1. The lowest BCUT2D eigenvalue weighted by atomic mass is 9.80. The predicted molar refractivity (Wildman–Crippen MR) is 117 cm³/mol. The lowest BCUT2D eigenvalue weighted by Gasteiger charge is -2.30. The molecule has 0 bridgehead atoms. The quantitative estimate of drug-likeness (QED) is 0.306. The maximum Gasteiger partial charge on any atom is 0.342 e. The molecule has 7 nitrogen and oxygen atoms in total. The molecule has 1 aliphatic rings. The van der Waals surface area contributed by atoms with Gasteiger partial charge in [0.1, 0.15) is 12.4 Å². The van der Waals surface area contributed by atoms with E-state index in [4.69, 9.17) is 19.9 Å². The molecule has 0 aliphatic carbocycles. The van der Waals surface area contributed by atoms with Gasteiger partial charge < -0.3 is 25.3 Å². The number of ether oxygens (including phenoxy) is 3. The van der Waals surface area contributed by atoms with E-state index in [1.165, 1.54) is 7.11 Å². The van der Waals surface area contributed by atoms with Gasteiger partial charge in [0.25, 0.3) is 0 Å². The molecule has 2 aromatic carbocycles. The van der Waals surface area contributed by atoms with Gasteiger partial charge in [-0.05, 0) is 43.7 Å². The fourth-order valence-corrected chi connectivity index (χ4v) is 3.55. The number of allylic oxidation sites excluding steroid dienone is 2. The van der Waals surface area contributed by atoms with Crippen LogP contribution in [0.25, 0.3) is 0 Å². The van der Waals surface area contributed by atoms with E-state index in [0.717, 1.165) is 0 Å². The minimum absolute atomic E-state index is 0.0995. The Balaban J connectivity index is 2.04. The lowest BCUT2D eigenvalue weighted by Crippen LogP contribution is -2.33. The van der Waals surface area contributed by atoms with Crippen molar-refractivity contribution in [3.8, 4) is 5.75 Å². The van der Waals surface area contributed by atoms with Crippen molar-refractivity contribution < 1.29 is 23.8 Å². The van der Waals surface area contributed by atoms with Gasteiger partial charge >= 0.3 is 11.9 Å². The third-order valence-corrected chi connectivity index (χ3v) is 4.92. The Morgan fingerprint density at radius 1 is 0.935 bits per heavy atom. The van der Waals surface area contributed by atoms with Crippen molar-refractivity contribution in [2.45, 2.75) is 19.8 Å². The second-order valence-electron chi connectivity index (χ2n) is 7.14. The zero-order chi connectivity index (χ0) is 22.4. The number of nitrogens with two attached hydrogens (primary N) is 1. The fraction of sp³-hybridized carbons (Fsp3) is 0.250. The average Bonchev–Trinajstić information content (AvgIpc) is 2.74. The molecule has 1 heterocycles. The Morgan fingerprint density at radius 2 is 1.61 bits per heavy atom. The summed E-state index contributed by atoms with van der Waals surface area (Å²) in [7, 11) is 1.53. The van der Waals surface area contributed by atoms with Crippen LogP contribution in [0.4, 0.5) is 5.69 Å². The molecule has 7 heteroatoms. The number of esters is 2. The number of anilines is 1. The van der Waals surface area contributed by atoms with Crippen LogP contribution in [-0.2, 0) is 19.1 Å². The third-order valence-electron chi connectivity index (χ3n) is 4.92. The minimum atomic E-state index is -0.698. The van der Waals surface area contributed by atoms with Crippen molar-refractivity contribution in [1.82, 2.24) is 5.32 Å². The zero-order valence-electron chi connectivity index (χ0n) is 17.8. The van der Waals surface area contributed by atoms with Crippen molar-refractivity contribution in [3.63, 3.8) is 0 Å². The highest BCUT2D eigenvalue weighted by Gasteiger charge is 2.38. The molecular formula is C24H26N2O5. The van der Waals surface area contributed by atoms with E-state index < -0.39 is 17.9 Å². The number of para-hydroxylation sites is 1. The highest BCUT2D eigenvalue weighted by Crippen LogP contribution is 2.39. The Bertz CT molecular complexity index is 1030. The molecule has 0 saturated heterocycles. The smallest absolute Gasteiger partial charge is 0.342 e. The molecule has 0 amide bonds. The number of dihydropyridines is 1. The van der Waals surface area contributed by atoms with Crippen molar-refractivity contribution in [3.05, 3.63) is 82.7 Å². The van der Waals surface area contributed by atoms with Crippen LogP contribution in [0.5, 0.6) is 5.75 Å². The molecule has 2 aromatic rings. The summed E-state index contributed by atoms with van der Waals surface area (Å²) in [5.74, 6) is -1.38. The minimum Gasteiger partial charge on any atom is -0.460 e. The van der Waals surface area contributed by atoms with Crippen LogP contribution in [0.15, 0.2) is 77.1 Å². The first-order valence-corrected chi connectivity index (χ1v) is 9.89. The molecule has 3 rings (SSSR count). The van der Waals surface area contributed by atoms with Crippen molar-refractivity contribution in [2.24, 2.45) is 0 Å². The van der Waals surface area contributed by atoms with Gasteiger partial charge in [-0.25, -0.2) is 9.59 Å². The van der Waals surface area contributed by atoms with Crippen LogP contribution < -0.4 is 15.8 Å². The molecular weight excluding hydrogens is 396 g/mol. The van der Waals surface area contributed by atoms with Crippen LogP contribution in [0.1, 0.15) is 25.3 Å².